The fraction of sp³-hybridized carbons (Fsp3) is 0.267. The summed E-state index contributed by atoms with van der Waals surface area (Å²) in [5, 5.41) is 4.40. The molecule has 2 aromatic rings. The number of carbonyl (C=O) groups is 1. The van der Waals surface area contributed by atoms with Crippen molar-refractivity contribution in [1.82, 2.24) is 0 Å². The van der Waals surface area contributed by atoms with Gasteiger partial charge in [-0.1, -0.05) is 0 Å². The normalized spacial score (nSPS) is 13.9. The van der Waals surface area contributed by atoms with E-state index in [0.29, 0.717) is 5.56 Å². The van der Waals surface area contributed by atoms with Gasteiger partial charge >= 0.3 is 0 Å². The molecule has 0 atom stereocenters. The molecule has 0 saturated heterocycles. The molecular weight excluding hydrogens is 280 g/mol. The van der Waals surface area contributed by atoms with Crippen LogP contribution in [0.15, 0.2) is 23.6 Å². The first-order valence-electron chi connectivity index (χ1n) is 6.50. The number of fused-ring (bicyclic) bond motifs is 1. The van der Waals surface area contributed by atoms with Crippen molar-refractivity contribution in [2.75, 3.05) is 5.32 Å². The van der Waals surface area contributed by atoms with Crippen LogP contribution in [0, 0.1) is 11.6 Å². The van der Waals surface area contributed by atoms with Gasteiger partial charge in [0.2, 0.25) is 0 Å². The number of aryl methyl sites for hydroxylation is 1. The largest absolute Gasteiger partial charge is 0.322 e. The van der Waals surface area contributed by atoms with Crippen LogP contribution < -0.4 is 5.32 Å². The Bertz CT molecular complexity index is 646. The SMILES string of the molecule is O=C(Nc1cc(F)cc(F)c1)c1csc2c1CCCC2. The van der Waals surface area contributed by atoms with E-state index >= 15 is 0 Å². The number of hydrogen-bond acceptors (Lipinski definition) is 2. The number of amides is 1. The van der Waals surface area contributed by atoms with Crippen LogP contribution in [-0.4, -0.2) is 5.91 Å². The molecule has 2 nitrogen and oxygen atoms in total. The van der Waals surface area contributed by atoms with Gasteiger partial charge in [0.05, 0.1) is 5.56 Å². The maximum atomic E-state index is 13.1. The van der Waals surface area contributed by atoms with Gasteiger partial charge in [0.15, 0.2) is 0 Å². The molecule has 1 heterocycles. The summed E-state index contributed by atoms with van der Waals surface area (Å²) in [5.74, 6) is -1.70. The highest BCUT2D eigenvalue weighted by atomic mass is 32.1. The minimum atomic E-state index is -0.701. The highest BCUT2D eigenvalue weighted by Crippen LogP contribution is 2.30. The lowest BCUT2D eigenvalue weighted by atomic mass is 9.95. The van der Waals surface area contributed by atoms with Crippen molar-refractivity contribution in [2.24, 2.45) is 0 Å². The molecule has 0 aliphatic heterocycles. The first-order chi connectivity index (χ1) is 9.63. The molecule has 0 fully saturated rings. The minimum Gasteiger partial charge on any atom is -0.322 e. The average Bonchev–Trinajstić information content (AvgIpc) is 2.81. The molecule has 20 heavy (non-hydrogen) atoms. The molecule has 1 aliphatic carbocycles. The Morgan fingerprint density at radius 3 is 2.55 bits per heavy atom. The molecular formula is C15H13F2NOS. The van der Waals surface area contributed by atoms with E-state index in [9.17, 15) is 13.6 Å². The van der Waals surface area contributed by atoms with Crippen LogP contribution in [0.2, 0.25) is 0 Å². The second kappa shape index (κ2) is 5.32. The van der Waals surface area contributed by atoms with Crippen molar-refractivity contribution < 1.29 is 13.6 Å². The molecule has 0 bridgehead atoms. The molecule has 5 heteroatoms. The Hall–Kier alpha value is -1.75. The molecule has 0 radical (unpaired) electrons. The summed E-state index contributed by atoms with van der Waals surface area (Å²) in [5.41, 5.74) is 1.87. The highest BCUT2D eigenvalue weighted by Gasteiger charge is 2.20. The van der Waals surface area contributed by atoms with Crippen LogP contribution >= 0.6 is 11.3 Å². The van der Waals surface area contributed by atoms with Gasteiger partial charge in [-0.05, 0) is 43.4 Å². The number of anilines is 1. The standard InChI is InChI=1S/C15H13F2NOS/c16-9-5-10(17)7-11(6-9)18-15(19)13-8-20-14-4-2-1-3-12(13)14/h5-8H,1-4H2,(H,18,19). The number of halogens is 2. The molecule has 0 saturated carbocycles. The molecule has 0 unspecified atom stereocenters. The van der Waals surface area contributed by atoms with E-state index in [-0.39, 0.29) is 11.6 Å². The quantitative estimate of drug-likeness (QED) is 0.885. The van der Waals surface area contributed by atoms with E-state index in [1.807, 2.05) is 5.38 Å². The molecule has 1 N–H and O–H groups in total. The number of hydrogen-bond donors (Lipinski definition) is 1. The van der Waals surface area contributed by atoms with Crippen LogP contribution in [0.4, 0.5) is 14.5 Å². The third kappa shape index (κ3) is 2.58. The molecule has 3 rings (SSSR count). The van der Waals surface area contributed by atoms with Gasteiger partial charge in [-0.15, -0.1) is 11.3 Å². The van der Waals surface area contributed by atoms with Gasteiger partial charge in [0, 0.05) is 22.0 Å². The van der Waals surface area contributed by atoms with E-state index < -0.39 is 11.6 Å². The number of nitrogens with one attached hydrogen (secondary N) is 1. The summed E-state index contributed by atoms with van der Waals surface area (Å²) < 4.78 is 26.2. The monoisotopic (exact) mass is 293 g/mol. The number of carbonyl (C=O) groups excluding carboxylic acids is 1. The number of benzene rings is 1. The first-order valence-corrected chi connectivity index (χ1v) is 7.38. The Balaban J connectivity index is 1.84. The zero-order chi connectivity index (χ0) is 14.1. The zero-order valence-electron chi connectivity index (χ0n) is 10.7. The lowest BCUT2D eigenvalue weighted by molar-refractivity contribution is 0.102. The molecule has 1 amide bonds. The minimum absolute atomic E-state index is 0.142. The van der Waals surface area contributed by atoms with Gasteiger partial charge in [-0.3, -0.25) is 4.79 Å². The lowest BCUT2D eigenvalue weighted by Gasteiger charge is -2.12. The summed E-state index contributed by atoms with van der Waals surface area (Å²) in [6.45, 7) is 0. The van der Waals surface area contributed by atoms with Crippen LogP contribution in [0.5, 0.6) is 0 Å². The zero-order valence-corrected chi connectivity index (χ0v) is 11.5. The van der Waals surface area contributed by atoms with Crippen molar-refractivity contribution in [3.8, 4) is 0 Å². The number of thiophene rings is 1. The highest BCUT2D eigenvalue weighted by molar-refractivity contribution is 7.10. The predicted molar refractivity (Wildman–Crippen MR) is 75.3 cm³/mol. The summed E-state index contributed by atoms with van der Waals surface area (Å²) in [4.78, 5) is 13.5. The van der Waals surface area contributed by atoms with Crippen molar-refractivity contribution >= 4 is 22.9 Å². The van der Waals surface area contributed by atoms with Crippen LogP contribution in [0.25, 0.3) is 0 Å². The van der Waals surface area contributed by atoms with E-state index in [1.165, 1.54) is 4.88 Å². The fourth-order valence-corrected chi connectivity index (χ4v) is 3.63. The smallest absolute Gasteiger partial charge is 0.256 e. The average molecular weight is 293 g/mol. The summed E-state index contributed by atoms with van der Waals surface area (Å²) >= 11 is 1.59. The maximum absolute atomic E-state index is 13.1. The maximum Gasteiger partial charge on any atom is 0.256 e. The van der Waals surface area contributed by atoms with Crippen LogP contribution in [0.3, 0.4) is 0 Å². The van der Waals surface area contributed by atoms with Crippen molar-refractivity contribution in [3.63, 3.8) is 0 Å². The summed E-state index contributed by atoms with van der Waals surface area (Å²) in [6.07, 6.45) is 4.16. The van der Waals surface area contributed by atoms with E-state index in [0.717, 1.165) is 49.4 Å². The lowest BCUT2D eigenvalue weighted by Crippen LogP contribution is -2.14. The van der Waals surface area contributed by atoms with Crippen LogP contribution in [-0.2, 0) is 12.8 Å². The van der Waals surface area contributed by atoms with E-state index in [2.05, 4.69) is 5.32 Å². The molecule has 1 aliphatic rings. The van der Waals surface area contributed by atoms with E-state index in [1.54, 1.807) is 11.3 Å². The van der Waals surface area contributed by atoms with Gasteiger partial charge in [0.25, 0.3) is 5.91 Å². The summed E-state index contributed by atoms with van der Waals surface area (Å²) in [6, 6.07) is 3.00. The van der Waals surface area contributed by atoms with Crippen molar-refractivity contribution in [2.45, 2.75) is 25.7 Å². The van der Waals surface area contributed by atoms with Crippen molar-refractivity contribution in [1.29, 1.82) is 0 Å². The van der Waals surface area contributed by atoms with Crippen LogP contribution in [0.1, 0.15) is 33.6 Å². The fourth-order valence-electron chi connectivity index (χ4n) is 2.51. The Morgan fingerprint density at radius 1 is 1.10 bits per heavy atom. The van der Waals surface area contributed by atoms with Crippen molar-refractivity contribution in [3.05, 3.63) is 51.2 Å². The first kappa shape index (κ1) is 13.2. The van der Waals surface area contributed by atoms with E-state index in [4.69, 9.17) is 0 Å². The predicted octanol–water partition coefficient (Wildman–Crippen LogP) is 4.16. The Kier molecular flexibility index (Phi) is 3.53. The van der Waals surface area contributed by atoms with Gasteiger partial charge in [0.1, 0.15) is 11.6 Å². The molecule has 1 aromatic carbocycles. The number of rotatable bonds is 2. The molecule has 104 valence electrons. The molecule has 0 spiro atoms. The Morgan fingerprint density at radius 2 is 1.80 bits per heavy atom. The third-order valence-corrected chi connectivity index (χ3v) is 4.52. The van der Waals surface area contributed by atoms with Gasteiger partial charge < -0.3 is 5.32 Å². The summed E-state index contributed by atoms with van der Waals surface area (Å²) in [7, 11) is 0. The van der Waals surface area contributed by atoms with Gasteiger partial charge in [-0.25, -0.2) is 8.78 Å². The second-order valence-electron chi connectivity index (χ2n) is 4.87. The van der Waals surface area contributed by atoms with Gasteiger partial charge in [-0.2, -0.15) is 0 Å². The molecule has 1 aromatic heterocycles. The third-order valence-electron chi connectivity index (χ3n) is 3.43. The second-order valence-corrected chi connectivity index (χ2v) is 5.83. The topological polar surface area (TPSA) is 29.1 Å². The Labute approximate surface area is 119 Å².